The van der Waals surface area contributed by atoms with Crippen molar-refractivity contribution in [1.29, 1.82) is 0 Å². The number of hydrogen-bond acceptors (Lipinski definition) is 3. The number of aliphatic hydroxyl groups excluding tert-OH is 1. The number of nitrogens with zero attached hydrogens (tertiary/aromatic N) is 1. The van der Waals surface area contributed by atoms with Crippen molar-refractivity contribution < 1.29 is 9.84 Å². The number of nitrogens with one attached hydrogen (secondary N) is 1. The number of methoxy groups -OCH3 is 1. The van der Waals surface area contributed by atoms with Crippen molar-refractivity contribution in [2.24, 2.45) is 0 Å². The number of anilines is 1. The van der Waals surface area contributed by atoms with E-state index < -0.39 is 6.10 Å². The van der Waals surface area contributed by atoms with Crippen molar-refractivity contribution >= 4 is 16.6 Å². The van der Waals surface area contributed by atoms with Crippen LogP contribution >= 0.6 is 0 Å². The van der Waals surface area contributed by atoms with Crippen LogP contribution in [0, 0.1) is 0 Å². The second-order valence-corrected chi connectivity index (χ2v) is 5.26. The Labute approximate surface area is 130 Å². The highest BCUT2D eigenvalue weighted by atomic mass is 16.5. The number of fused-ring (bicyclic) bond motifs is 1. The van der Waals surface area contributed by atoms with Gasteiger partial charge >= 0.3 is 0 Å². The third-order valence-electron chi connectivity index (χ3n) is 3.72. The number of ether oxygens (including phenoxy) is 1. The normalized spacial score (nSPS) is 12.3. The molecule has 1 aromatic heterocycles. The summed E-state index contributed by atoms with van der Waals surface area (Å²) in [6.07, 6.45) is 1.53. The van der Waals surface area contributed by atoms with Crippen molar-refractivity contribution in [2.75, 3.05) is 19.0 Å². The van der Waals surface area contributed by atoms with Crippen LogP contribution in [0.2, 0.25) is 0 Å². The molecular formula is C18H20N2O2. The number of aromatic nitrogens is 1. The largest absolute Gasteiger partial charge is 0.495 e. The first kappa shape index (κ1) is 14.5. The lowest BCUT2D eigenvalue weighted by molar-refractivity contribution is 0.168. The van der Waals surface area contributed by atoms with E-state index in [0.29, 0.717) is 13.1 Å². The maximum atomic E-state index is 10.3. The Bertz CT molecular complexity index is 751. The molecule has 0 aliphatic rings. The molecule has 3 aromatic rings. The number of aliphatic hydroxyl groups is 1. The summed E-state index contributed by atoms with van der Waals surface area (Å²) in [6.45, 7) is 1.02. The van der Waals surface area contributed by atoms with Crippen LogP contribution in [0.15, 0.2) is 60.8 Å². The molecule has 1 atom stereocenters. The van der Waals surface area contributed by atoms with Gasteiger partial charge in [-0.3, -0.25) is 0 Å². The lowest BCUT2D eigenvalue weighted by Gasteiger charge is -2.16. The van der Waals surface area contributed by atoms with Gasteiger partial charge in [0.25, 0.3) is 0 Å². The highest BCUT2D eigenvalue weighted by Gasteiger charge is 2.09. The summed E-state index contributed by atoms with van der Waals surface area (Å²) in [6, 6.07) is 17.9. The molecule has 0 bridgehead atoms. The van der Waals surface area contributed by atoms with Gasteiger partial charge in [-0.1, -0.05) is 30.3 Å². The summed E-state index contributed by atoms with van der Waals surface area (Å²) in [7, 11) is 1.64. The minimum atomic E-state index is -0.485. The van der Waals surface area contributed by atoms with Crippen LogP contribution in [0.3, 0.4) is 0 Å². The molecule has 0 fully saturated rings. The van der Waals surface area contributed by atoms with Crippen LogP contribution in [-0.4, -0.2) is 29.4 Å². The van der Waals surface area contributed by atoms with Crippen LogP contribution in [0.4, 0.5) is 5.69 Å². The highest BCUT2D eigenvalue weighted by molar-refractivity contribution is 5.79. The summed E-state index contributed by atoms with van der Waals surface area (Å²) in [5.41, 5.74) is 2.03. The van der Waals surface area contributed by atoms with Gasteiger partial charge in [-0.25, -0.2) is 0 Å². The fourth-order valence-corrected chi connectivity index (χ4v) is 2.61. The molecule has 2 aromatic carbocycles. The monoisotopic (exact) mass is 296 g/mol. The van der Waals surface area contributed by atoms with Crippen LogP contribution in [-0.2, 0) is 6.54 Å². The Kier molecular flexibility index (Phi) is 4.30. The molecule has 0 aliphatic heterocycles. The summed E-state index contributed by atoms with van der Waals surface area (Å²) < 4.78 is 7.37. The summed E-state index contributed by atoms with van der Waals surface area (Å²) >= 11 is 0. The van der Waals surface area contributed by atoms with Gasteiger partial charge in [0.2, 0.25) is 0 Å². The molecular weight excluding hydrogens is 276 g/mol. The quantitative estimate of drug-likeness (QED) is 0.734. The molecule has 4 nitrogen and oxygen atoms in total. The van der Waals surface area contributed by atoms with Gasteiger partial charge in [0.15, 0.2) is 0 Å². The standard InChI is InChI=1S/C18H20N2O2/c1-22-18-9-5-3-7-16(18)19-12-15(21)13-20-11-10-14-6-2-4-8-17(14)20/h2-11,15,19,21H,12-13H2,1H3/t15-/m0/s1. The molecule has 22 heavy (non-hydrogen) atoms. The predicted molar refractivity (Wildman–Crippen MR) is 89.4 cm³/mol. The van der Waals surface area contributed by atoms with Crippen molar-refractivity contribution in [2.45, 2.75) is 12.6 Å². The zero-order valence-corrected chi connectivity index (χ0v) is 12.6. The molecule has 4 heteroatoms. The summed E-state index contributed by atoms with van der Waals surface area (Å²) in [5.74, 6) is 0.779. The van der Waals surface area contributed by atoms with Gasteiger partial charge in [-0.05, 0) is 29.7 Å². The van der Waals surface area contributed by atoms with E-state index in [9.17, 15) is 5.11 Å². The smallest absolute Gasteiger partial charge is 0.141 e. The molecule has 114 valence electrons. The molecule has 0 aliphatic carbocycles. The van der Waals surface area contributed by atoms with Gasteiger partial charge < -0.3 is 19.7 Å². The molecule has 0 saturated carbocycles. The molecule has 0 spiro atoms. The third-order valence-corrected chi connectivity index (χ3v) is 3.72. The molecule has 0 saturated heterocycles. The number of benzene rings is 2. The Morgan fingerprint density at radius 2 is 1.86 bits per heavy atom. The zero-order chi connectivity index (χ0) is 15.4. The van der Waals surface area contributed by atoms with Crippen LogP contribution in [0.5, 0.6) is 5.75 Å². The molecule has 2 N–H and O–H groups in total. The van der Waals surface area contributed by atoms with Crippen molar-refractivity contribution in [3.05, 3.63) is 60.8 Å². The van der Waals surface area contributed by atoms with Crippen molar-refractivity contribution in [3.63, 3.8) is 0 Å². The third kappa shape index (κ3) is 3.07. The van der Waals surface area contributed by atoms with E-state index in [-0.39, 0.29) is 0 Å². The minimum absolute atomic E-state index is 0.465. The Hall–Kier alpha value is -2.46. The molecule has 0 amide bonds. The Morgan fingerprint density at radius 1 is 1.09 bits per heavy atom. The van der Waals surface area contributed by atoms with Crippen LogP contribution < -0.4 is 10.1 Å². The van der Waals surface area contributed by atoms with Crippen LogP contribution in [0.1, 0.15) is 0 Å². The van der Waals surface area contributed by atoms with Gasteiger partial charge in [-0.2, -0.15) is 0 Å². The van der Waals surface area contributed by atoms with E-state index >= 15 is 0 Å². The first-order valence-electron chi connectivity index (χ1n) is 7.37. The highest BCUT2D eigenvalue weighted by Crippen LogP contribution is 2.23. The predicted octanol–water partition coefficient (Wildman–Crippen LogP) is 3.12. The molecule has 0 radical (unpaired) electrons. The maximum Gasteiger partial charge on any atom is 0.141 e. The number of rotatable bonds is 6. The van der Waals surface area contributed by atoms with E-state index in [1.807, 2.05) is 42.6 Å². The fraction of sp³-hybridized carbons (Fsp3) is 0.222. The molecule has 0 unspecified atom stereocenters. The van der Waals surface area contributed by atoms with E-state index in [1.165, 1.54) is 5.39 Å². The van der Waals surface area contributed by atoms with Gasteiger partial charge in [0.05, 0.1) is 25.4 Å². The maximum absolute atomic E-state index is 10.3. The van der Waals surface area contributed by atoms with Crippen LogP contribution in [0.25, 0.3) is 10.9 Å². The van der Waals surface area contributed by atoms with Gasteiger partial charge in [-0.15, -0.1) is 0 Å². The molecule has 1 heterocycles. The van der Waals surface area contributed by atoms with E-state index in [4.69, 9.17) is 4.74 Å². The van der Waals surface area contributed by atoms with Crippen molar-refractivity contribution in [1.82, 2.24) is 4.57 Å². The lowest BCUT2D eigenvalue weighted by Crippen LogP contribution is -2.24. The fourth-order valence-electron chi connectivity index (χ4n) is 2.61. The average molecular weight is 296 g/mol. The first-order valence-corrected chi connectivity index (χ1v) is 7.37. The summed E-state index contributed by atoms with van der Waals surface area (Å²) in [5, 5.41) is 14.7. The Balaban J connectivity index is 1.64. The second kappa shape index (κ2) is 6.54. The summed E-state index contributed by atoms with van der Waals surface area (Å²) in [4.78, 5) is 0. The van der Waals surface area contributed by atoms with E-state index in [0.717, 1.165) is 17.0 Å². The molecule has 3 rings (SSSR count). The van der Waals surface area contributed by atoms with Gasteiger partial charge in [0, 0.05) is 18.3 Å². The first-order chi connectivity index (χ1) is 10.8. The zero-order valence-electron chi connectivity index (χ0n) is 12.6. The average Bonchev–Trinajstić information content (AvgIpc) is 2.96. The van der Waals surface area contributed by atoms with E-state index in [2.05, 4.69) is 28.1 Å². The number of hydrogen-bond donors (Lipinski definition) is 2. The minimum Gasteiger partial charge on any atom is -0.495 e. The lowest BCUT2D eigenvalue weighted by atomic mass is 10.2. The second-order valence-electron chi connectivity index (χ2n) is 5.26. The number of para-hydroxylation sites is 3. The SMILES string of the molecule is COc1ccccc1NC[C@H](O)Cn1ccc2ccccc21. The van der Waals surface area contributed by atoms with E-state index in [1.54, 1.807) is 7.11 Å². The topological polar surface area (TPSA) is 46.4 Å². The van der Waals surface area contributed by atoms with Crippen molar-refractivity contribution in [3.8, 4) is 5.75 Å². The van der Waals surface area contributed by atoms with Gasteiger partial charge in [0.1, 0.15) is 5.75 Å². The Morgan fingerprint density at radius 3 is 2.73 bits per heavy atom.